The Kier molecular flexibility index (Phi) is 3.43. The van der Waals surface area contributed by atoms with Crippen LogP contribution < -0.4 is 5.32 Å². The van der Waals surface area contributed by atoms with Crippen molar-refractivity contribution in [2.24, 2.45) is 0 Å². The topological polar surface area (TPSA) is 59.3 Å². The number of carbonyl (C=O) groups is 1. The fraction of sp³-hybridized carbons (Fsp3) is 0.214. The van der Waals surface area contributed by atoms with Crippen LogP contribution >= 0.6 is 22.9 Å². The normalized spacial score (nSPS) is 11.0. The summed E-state index contributed by atoms with van der Waals surface area (Å²) in [6, 6.07) is 5.38. The maximum atomic E-state index is 12.5. The Morgan fingerprint density at radius 1 is 1.29 bits per heavy atom. The number of hydrogen-bond acceptors (Lipinski definition) is 4. The number of fused-ring (bicyclic) bond motifs is 1. The molecule has 7 heteroatoms. The van der Waals surface area contributed by atoms with E-state index >= 15 is 0 Å². The summed E-state index contributed by atoms with van der Waals surface area (Å²) in [6.45, 7) is 5.66. The number of nitrogens with one attached hydrogen (secondary N) is 1. The molecule has 0 spiro atoms. The molecule has 0 bridgehead atoms. The quantitative estimate of drug-likeness (QED) is 0.784. The average Bonchev–Trinajstić information content (AvgIpc) is 2.95. The molecule has 0 aliphatic heterocycles. The first kappa shape index (κ1) is 14.0. The highest BCUT2D eigenvalue weighted by molar-refractivity contribution is 7.19. The molecule has 0 saturated heterocycles. The van der Waals surface area contributed by atoms with E-state index in [1.807, 2.05) is 31.2 Å². The van der Waals surface area contributed by atoms with Crippen molar-refractivity contribution in [1.82, 2.24) is 14.6 Å². The van der Waals surface area contributed by atoms with Crippen molar-refractivity contribution in [3.8, 4) is 0 Å². The lowest BCUT2D eigenvalue weighted by atomic mass is 10.2. The third-order valence-electron chi connectivity index (χ3n) is 3.30. The molecule has 0 saturated carbocycles. The minimum Gasteiger partial charge on any atom is -0.321 e. The maximum Gasteiger partial charge on any atom is 0.267 e. The predicted molar refractivity (Wildman–Crippen MR) is 84.5 cm³/mol. The van der Waals surface area contributed by atoms with E-state index in [-0.39, 0.29) is 5.91 Å². The van der Waals surface area contributed by atoms with Crippen LogP contribution in [0.25, 0.3) is 4.96 Å². The maximum absolute atomic E-state index is 12.5. The number of halogens is 1. The standard InChI is InChI=1S/C14H13ClN4OS/c1-7-6-10(15)4-5-11(7)16-13(20)12-8(2)19-9(3)17-18-14(19)21-12/h4-6H,1-3H3,(H,16,20). The van der Waals surface area contributed by atoms with Gasteiger partial charge in [0.15, 0.2) is 0 Å². The first-order chi connectivity index (χ1) is 9.97. The molecule has 0 unspecified atom stereocenters. The van der Waals surface area contributed by atoms with Gasteiger partial charge in [-0.3, -0.25) is 9.20 Å². The molecule has 1 N–H and O–H groups in total. The first-order valence-electron chi connectivity index (χ1n) is 6.36. The molecule has 0 atom stereocenters. The van der Waals surface area contributed by atoms with Gasteiger partial charge in [-0.25, -0.2) is 0 Å². The van der Waals surface area contributed by atoms with Gasteiger partial charge in [-0.05, 0) is 44.5 Å². The van der Waals surface area contributed by atoms with Gasteiger partial charge in [0.1, 0.15) is 10.7 Å². The van der Waals surface area contributed by atoms with Crippen LogP contribution in [0.15, 0.2) is 18.2 Å². The summed E-state index contributed by atoms with van der Waals surface area (Å²) in [7, 11) is 0. The van der Waals surface area contributed by atoms with Gasteiger partial charge >= 0.3 is 0 Å². The van der Waals surface area contributed by atoms with E-state index in [1.54, 1.807) is 12.1 Å². The summed E-state index contributed by atoms with van der Waals surface area (Å²) < 4.78 is 1.88. The van der Waals surface area contributed by atoms with Crippen LogP contribution in [-0.4, -0.2) is 20.5 Å². The number of aromatic nitrogens is 3. The molecule has 0 fully saturated rings. The fourth-order valence-corrected chi connectivity index (χ4v) is 3.45. The number of thiazole rings is 1. The molecule has 5 nitrogen and oxygen atoms in total. The van der Waals surface area contributed by atoms with Crippen LogP contribution in [0.1, 0.15) is 26.8 Å². The van der Waals surface area contributed by atoms with Gasteiger partial charge in [-0.15, -0.1) is 10.2 Å². The van der Waals surface area contributed by atoms with Gasteiger partial charge in [-0.2, -0.15) is 0 Å². The number of hydrogen-bond donors (Lipinski definition) is 1. The van der Waals surface area contributed by atoms with Crippen molar-refractivity contribution < 1.29 is 4.79 Å². The Bertz CT molecular complexity index is 852. The second kappa shape index (κ2) is 5.13. The minimum atomic E-state index is -0.146. The summed E-state index contributed by atoms with van der Waals surface area (Å²) >= 11 is 7.26. The monoisotopic (exact) mass is 320 g/mol. The molecule has 0 radical (unpaired) electrons. The number of carbonyl (C=O) groups excluding carboxylic acids is 1. The third-order valence-corrected chi connectivity index (χ3v) is 4.66. The zero-order valence-electron chi connectivity index (χ0n) is 11.8. The molecule has 1 amide bonds. The molecule has 0 aliphatic carbocycles. The van der Waals surface area contributed by atoms with Crippen LogP contribution in [0, 0.1) is 20.8 Å². The highest BCUT2D eigenvalue weighted by atomic mass is 35.5. The van der Waals surface area contributed by atoms with Crippen molar-refractivity contribution in [2.45, 2.75) is 20.8 Å². The number of benzene rings is 1. The van der Waals surface area contributed by atoms with Crippen molar-refractivity contribution >= 4 is 39.5 Å². The molecule has 1 aromatic carbocycles. The van der Waals surface area contributed by atoms with E-state index in [1.165, 1.54) is 11.3 Å². The smallest absolute Gasteiger partial charge is 0.267 e. The average molecular weight is 321 g/mol. The summed E-state index contributed by atoms with van der Waals surface area (Å²) in [6.07, 6.45) is 0. The number of anilines is 1. The number of nitrogens with zero attached hydrogens (tertiary/aromatic N) is 3. The second-order valence-corrected chi connectivity index (χ2v) is 6.21. The van der Waals surface area contributed by atoms with E-state index in [4.69, 9.17) is 11.6 Å². The van der Waals surface area contributed by atoms with Gasteiger partial charge in [-0.1, -0.05) is 22.9 Å². The SMILES string of the molecule is Cc1cc(Cl)ccc1NC(=O)c1sc2nnc(C)n2c1C. The lowest BCUT2D eigenvalue weighted by Crippen LogP contribution is -2.13. The lowest BCUT2D eigenvalue weighted by Gasteiger charge is -2.08. The predicted octanol–water partition coefficient (Wildman–Crippen LogP) is 3.62. The molecular formula is C14H13ClN4OS. The van der Waals surface area contributed by atoms with Gasteiger partial charge < -0.3 is 5.32 Å². The molecule has 2 aromatic heterocycles. The third kappa shape index (κ3) is 2.41. The Morgan fingerprint density at radius 3 is 2.71 bits per heavy atom. The summed E-state index contributed by atoms with van der Waals surface area (Å²) in [5, 5.41) is 11.6. The van der Waals surface area contributed by atoms with Crippen LogP contribution in [0.4, 0.5) is 5.69 Å². The van der Waals surface area contributed by atoms with E-state index in [9.17, 15) is 4.79 Å². The van der Waals surface area contributed by atoms with Crippen LogP contribution in [0.3, 0.4) is 0 Å². The molecular weight excluding hydrogens is 308 g/mol. The van der Waals surface area contributed by atoms with Crippen LogP contribution in [-0.2, 0) is 0 Å². The number of aryl methyl sites for hydroxylation is 3. The lowest BCUT2D eigenvalue weighted by molar-refractivity contribution is 0.102. The Hall–Kier alpha value is -1.92. The largest absolute Gasteiger partial charge is 0.321 e. The minimum absolute atomic E-state index is 0.146. The fourth-order valence-electron chi connectivity index (χ4n) is 2.22. The summed E-state index contributed by atoms with van der Waals surface area (Å²) in [5.74, 6) is 0.633. The molecule has 2 heterocycles. The number of amides is 1. The molecule has 0 aliphatic rings. The van der Waals surface area contributed by atoms with Crippen LogP contribution in [0.2, 0.25) is 5.02 Å². The number of rotatable bonds is 2. The molecule has 108 valence electrons. The van der Waals surface area contributed by atoms with Crippen molar-refractivity contribution in [2.75, 3.05) is 5.32 Å². The first-order valence-corrected chi connectivity index (χ1v) is 7.55. The van der Waals surface area contributed by atoms with Crippen LogP contribution in [0.5, 0.6) is 0 Å². The van der Waals surface area contributed by atoms with Gasteiger partial charge in [0.2, 0.25) is 4.96 Å². The Morgan fingerprint density at radius 2 is 2.05 bits per heavy atom. The molecule has 3 aromatic rings. The molecule has 21 heavy (non-hydrogen) atoms. The highest BCUT2D eigenvalue weighted by Gasteiger charge is 2.18. The Balaban J connectivity index is 1.95. The Labute approximate surface area is 130 Å². The highest BCUT2D eigenvalue weighted by Crippen LogP contribution is 2.25. The second-order valence-electron chi connectivity index (χ2n) is 4.80. The summed E-state index contributed by atoms with van der Waals surface area (Å²) in [4.78, 5) is 13.8. The molecule has 3 rings (SSSR count). The zero-order chi connectivity index (χ0) is 15.1. The van der Waals surface area contributed by atoms with Crippen molar-refractivity contribution in [3.05, 3.63) is 45.2 Å². The van der Waals surface area contributed by atoms with Gasteiger partial charge in [0.25, 0.3) is 5.91 Å². The van der Waals surface area contributed by atoms with E-state index in [0.29, 0.717) is 9.90 Å². The van der Waals surface area contributed by atoms with E-state index in [2.05, 4.69) is 15.5 Å². The zero-order valence-corrected chi connectivity index (χ0v) is 13.3. The van der Waals surface area contributed by atoms with Gasteiger partial charge in [0.05, 0.1) is 0 Å². The van der Waals surface area contributed by atoms with Gasteiger partial charge in [0, 0.05) is 16.4 Å². The summed E-state index contributed by atoms with van der Waals surface area (Å²) in [5.41, 5.74) is 2.53. The van der Waals surface area contributed by atoms with E-state index < -0.39 is 0 Å². The van der Waals surface area contributed by atoms with Crippen molar-refractivity contribution in [3.63, 3.8) is 0 Å². The van der Waals surface area contributed by atoms with Crippen molar-refractivity contribution in [1.29, 1.82) is 0 Å². The van der Waals surface area contributed by atoms with E-state index in [0.717, 1.165) is 27.7 Å².